The van der Waals surface area contributed by atoms with Gasteiger partial charge in [-0.25, -0.2) is 17.8 Å². The number of nitrogens with zero attached hydrogens (tertiary/aromatic N) is 2. The molecule has 13 heteroatoms. The molecule has 2 heterocycles. The Kier molecular flexibility index (Phi) is 5.30. The Morgan fingerprint density at radius 1 is 1.33 bits per heavy atom. The van der Waals surface area contributed by atoms with Crippen LogP contribution in [0.4, 0.5) is 22.0 Å². The van der Waals surface area contributed by atoms with Crippen molar-refractivity contribution in [2.45, 2.75) is 24.0 Å². The van der Waals surface area contributed by atoms with Gasteiger partial charge in [0.05, 0.1) is 6.20 Å². The van der Waals surface area contributed by atoms with Gasteiger partial charge in [0.2, 0.25) is 16.0 Å². The first-order valence-corrected chi connectivity index (χ1v) is 8.63. The summed E-state index contributed by atoms with van der Waals surface area (Å²) in [5.74, 6) is -3.61. The van der Waals surface area contributed by atoms with Crippen LogP contribution in [0.3, 0.4) is 0 Å². The Hall–Kier alpha value is -2.54. The zero-order valence-electron chi connectivity index (χ0n) is 13.8. The standard InChI is InChI=1S/C14H13F5N4O3S/c1-6(14(17,18)19)22-27(25,26)9-5-23(2)12(13(20)24)11(9)7-3-10(16)21-4-8(7)15/h3-6,22H,1-2H3,(H2,20,24)/t6-/m1/s1. The quantitative estimate of drug-likeness (QED) is 0.576. The fourth-order valence-corrected chi connectivity index (χ4v) is 3.83. The molecular formula is C14H13F5N4O3S. The van der Waals surface area contributed by atoms with Gasteiger partial charge in [0.1, 0.15) is 22.4 Å². The lowest BCUT2D eigenvalue weighted by Gasteiger charge is -2.17. The molecule has 1 amide bonds. The van der Waals surface area contributed by atoms with E-state index >= 15 is 0 Å². The molecule has 0 saturated carbocycles. The van der Waals surface area contributed by atoms with Gasteiger partial charge in [-0.05, 0) is 6.92 Å². The van der Waals surface area contributed by atoms with Gasteiger partial charge in [0.15, 0.2) is 0 Å². The Bertz CT molecular complexity index is 1000. The van der Waals surface area contributed by atoms with Gasteiger partial charge < -0.3 is 10.3 Å². The number of rotatable bonds is 5. The summed E-state index contributed by atoms with van der Waals surface area (Å²) in [6.07, 6.45) is -3.69. The number of nitrogens with two attached hydrogens (primary N) is 1. The normalized spacial score (nSPS) is 13.6. The maximum atomic E-state index is 14.1. The summed E-state index contributed by atoms with van der Waals surface area (Å²) in [5.41, 5.74) is 3.27. The van der Waals surface area contributed by atoms with E-state index in [1.54, 1.807) is 0 Å². The maximum Gasteiger partial charge on any atom is 0.404 e. The van der Waals surface area contributed by atoms with Gasteiger partial charge in [0, 0.05) is 30.4 Å². The van der Waals surface area contributed by atoms with Gasteiger partial charge in [0.25, 0.3) is 5.91 Å². The minimum absolute atomic E-state index is 0.435. The van der Waals surface area contributed by atoms with Gasteiger partial charge >= 0.3 is 6.18 Å². The number of alkyl halides is 3. The Morgan fingerprint density at radius 3 is 2.44 bits per heavy atom. The van der Waals surface area contributed by atoms with Crippen molar-refractivity contribution in [1.82, 2.24) is 14.3 Å². The fourth-order valence-electron chi connectivity index (χ4n) is 2.33. The van der Waals surface area contributed by atoms with Crippen LogP contribution in [-0.4, -0.2) is 36.1 Å². The number of pyridine rings is 1. The van der Waals surface area contributed by atoms with Gasteiger partial charge in [-0.2, -0.15) is 22.3 Å². The first kappa shape index (κ1) is 20.8. The molecule has 2 aromatic heterocycles. The van der Waals surface area contributed by atoms with Crippen LogP contribution in [-0.2, 0) is 17.1 Å². The molecule has 0 radical (unpaired) electrons. The molecule has 2 aromatic rings. The predicted octanol–water partition coefficient (Wildman–Crippen LogP) is 1.69. The predicted molar refractivity (Wildman–Crippen MR) is 82.9 cm³/mol. The Balaban J connectivity index is 2.77. The molecule has 148 valence electrons. The van der Waals surface area contributed by atoms with Crippen molar-refractivity contribution in [2.24, 2.45) is 12.8 Å². The minimum Gasteiger partial charge on any atom is -0.364 e. The summed E-state index contributed by atoms with van der Waals surface area (Å²) in [6.45, 7) is 0.557. The van der Waals surface area contributed by atoms with E-state index in [9.17, 15) is 35.2 Å². The molecule has 1 atom stereocenters. The average Bonchev–Trinajstić information content (AvgIpc) is 2.86. The molecule has 7 nitrogen and oxygen atoms in total. The van der Waals surface area contributed by atoms with Crippen LogP contribution in [0.25, 0.3) is 11.1 Å². The number of primary amides is 1. The van der Waals surface area contributed by atoms with Crippen molar-refractivity contribution < 1.29 is 35.2 Å². The number of carbonyl (C=O) groups is 1. The van der Waals surface area contributed by atoms with Gasteiger partial charge in [-0.15, -0.1) is 0 Å². The van der Waals surface area contributed by atoms with E-state index in [0.717, 1.165) is 10.8 Å². The fraction of sp³-hybridized carbons (Fsp3) is 0.286. The highest BCUT2D eigenvalue weighted by molar-refractivity contribution is 7.89. The lowest BCUT2D eigenvalue weighted by molar-refractivity contribution is -0.147. The molecule has 0 fully saturated rings. The number of hydrogen-bond donors (Lipinski definition) is 2. The molecule has 2 rings (SSSR count). The zero-order chi connectivity index (χ0) is 20.7. The van der Waals surface area contributed by atoms with Gasteiger partial charge in [-0.1, -0.05) is 0 Å². The van der Waals surface area contributed by atoms with Crippen LogP contribution in [0.5, 0.6) is 0 Å². The van der Waals surface area contributed by atoms with E-state index in [-0.39, 0.29) is 0 Å². The van der Waals surface area contributed by atoms with E-state index < -0.39 is 61.6 Å². The molecule has 0 bridgehead atoms. The number of hydrogen-bond acceptors (Lipinski definition) is 4. The van der Waals surface area contributed by atoms with Crippen molar-refractivity contribution in [3.63, 3.8) is 0 Å². The Labute approximate surface area is 150 Å². The molecule has 0 aliphatic rings. The van der Waals surface area contributed by atoms with E-state index in [1.165, 1.54) is 11.8 Å². The summed E-state index contributed by atoms with van der Waals surface area (Å²) in [4.78, 5) is 13.9. The van der Waals surface area contributed by atoms with Gasteiger partial charge in [-0.3, -0.25) is 4.79 Å². The van der Waals surface area contributed by atoms with E-state index in [2.05, 4.69) is 4.98 Å². The smallest absolute Gasteiger partial charge is 0.364 e. The second-order valence-corrected chi connectivity index (χ2v) is 7.25. The topological polar surface area (TPSA) is 107 Å². The van der Waals surface area contributed by atoms with Crippen LogP contribution in [0, 0.1) is 11.8 Å². The number of aromatic nitrogens is 2. The molecular weight excluding hydrogens is 399 g/mol. The lowest BCUT2D eigenvalue weighted by atomic mass is 10.1. The molecule has 0 aliphatic heterocycles. The highest BCUT2D eigenvalue weighted by Gasteiger charge is 2.40. The van der Waals surface area contributed by atoms with Crippen molar-refractivity contribution in [1.29, 1.82) is 0 Å². The number of amides is 1. The van der Waals surface area contributed by atoms with Crippen molar-refractivity contribution >= 4 is 15.9 Å². The molecule has 0 aliphatic carbocycles. The van der Waals surface area contributed by atoms with Crippen LogP contribution in [0.1, 0.15) is 17.4 Å². The monoisotopic (exact) mass is 412 g/mol. The third kappa shape index (κ3) is 4.08. The summed E-state index contributed by atoms with van der Waals surface area (Å²) in [5, 5.41) is 0. The first-order valence-electron chi connectivity index (χ1n) is 7.15. The third-order valence-corrected chi connectivity index (χ3v) is 5.14. The molecule has 0 spiro atoms. The summed E-state index contributed by atoms with van der Waals surface area (Å²) < 4.78 is 93.0. The number of halogens is 5. The zero-order valence-corrected chi connectivity index (χ0v) is 14.6. The average molecular weight is 412 g/mol. The molecule has 0 saturated heterocycles. The molecule has 3 N–H and O–H groups in total. The minimum atomic E-state index is -4.90. The van der Waals surface area contributed by atoms with Crippen LogP contribution < -0.4 is 10.5 Å². The second-order valence-electron chi connectivity index (χ2n) is 5.56. The number of aryl methyl sites for hydroxylation is 1. The van der Waals surface area contributed by atoms with Crippen molar-refractivity contribution in [3.05, 3.63) is 35.9 Å². The molecule has 0 unspecified atom stereocenters. The SMILES string of the molecule is C[C@@H](NS(=O)(=O)c1cn(C)c(C(N)=O)c1-c1cc(F)ncc1F)C(F)(F)F. The summed E-state index contributed by atoms with van der Waals surface area (Å²) in [7, 11) is -3.72. The van der Waals surface area contributed by atoms with Crippen molar-refractivity contribution in [3.8, 4) is 11.1 Å². The third-order valence-electron chi connectivity index (χ3n) is 3.58. The van der Waals surface area contributed by atoms with E-state index in [0.29, 0.717) is 19.2 Å². The number of sulfonamides is 1. The number of carbonyl (C=O) groups excluding carboxylic acids is 1. The van der Waals surface area contributed by atoms with Crippen molar-refractivity contribution in [2.75, 3.05) is 0 Å². The maximum absolute atomic E-state index is 14.1. The highest BCUT2D eigenvalue weighted by atomic mass is 32.2. The van der Waals surface area contributed by atoms with Crippen LogP contribution >= 0.6 is 0 Å². The van der Waals surface area contributed by atoms with E-state index in [4.69, 9.17) is 5.73 Å². The summed E-state index contributed by atoms with van der Waals surface area (Å²) in [6, 6.07) is -1.98. The molecule has 0 aromatic carbocycles. The largest absolute Gasteiger partial charge is 0.404 e. The van der Waals surface area contributed by atoms with Crippen LogP contribution in [0.2, 0.25) is 0 Å². The highest BCUT2D eigenvalue weighted by Crippen LogP contribution is 2.34. The van der Waals surface area contributed by atoms with Crippen LogP contribution in [0.15, 0.2) is 23.4 Å². The second kappa shape index (κ2) is 6.88. The number of nitrogens with one attached hydrogen (secondary N) is 1. The molecule has 27 heavy (non-hydrogen) atoms. The summed E-state index contributed by atoms with van der Waals surface area (Å²) >= 11 is 0. The van der Waals surface area contributed by atoms with E-state index in [1.807, 2.05) is 0 Å². The Morgan fingerprint density at radius 2 is 1.93 bits per heavy atom. The lowest BCUT2D eigenvalue weighted by Crippen LogP contribution is -2.43. The first-order chi connectivity index (χ1) is 12.3.